The Labute approximate surface area is 141 Å². The Bertz CT molecular complexity index is 773. The summed E-state index contributed by atoms with van der Waals surface area (Å²) in [5, 5.41) is 6.25. The maximum Gasteiger partial charge on any atom is 0.252 e. The van der Waals surface area contributed by atoms with Gasteiger partial charge in [-0.3, -0.25) is 9.58 Å². The van der Waals surface area contributed by atoms with Crippen molar-refractivity contribution >= 4 is 21.4 Å². The van der Waals surface area contributed by atoms with Gasteiger partial charge in [0.05, 0.1) is 5.69 Å². The molecule has 0 aliphatic carbocycles. The third kappa shape index (κ3) is 3.21. The molecular formula is C15H22N4O2S2. The van der Waals surface area contributed by atoms with E-state index in [1.807, 2.05) is 18.7 Å². The van der Waals surface area contributed by atoms with Crippen molar-refractivity contribution in [3.05, 3.63) is 34.5 Å². The van der Waals surface area contributed by atoms with Crippen LogP contribution in [0.3, 0.4) is 0 Å². The van der Waals surface area contributed by atoms with E-state index in [4.69, 9.17) is 0 Å². The minimum absolute atomic E-state index is 0.435. The monoisotopic (exact) mass is 354 g/mol. The number of sulfonamides is 1. The molecule has 0 unspecified atom stereocenters. The smallest absolute Gasteiger partial charge is 0.252 e. The Kier molecular flexibility index (Phi) is 4.59. The van der Waals surface area contributed by atoms with Crippen molar-refractivity contribution in [2.75, 3.05) is 26.2 Å². The van der Waals surface area contributed by atoms with Crippen molar-refractivity contribution in [1.29, 1.82) is 0 Å². The molecule has 1 saturated heterocycles. The highest BCUT2D eigenvalue weighted by Crippen LogP contribution is 2.23. The van der Waals surface area contributed by atoms with Crippen LogP contribution < -0.4 is 0 Å². The number of hydrogen-bond donors (Lipinski definition) is 0. The van der Waals surface area contributed by atoms with Crippen LogP contribution in [0.4, 0.5) is 0 Å². The molecule has 0 N–H and O–H groups in total. The van der Waals surface area contributed by atoms with E-state index < -0.39 is 10.0 Å². The van der Waals surface area contributed by atoms with Gasteiger partial charge < -0.3 is 0 Å². The van der Waals surface area contributed by atoms with Crippen molar-refractivity contribution < 1.29 is 8.42 Å². The Morgan fingerprint density at radius 1 is 1.22 bits per heavy atom. The molecule has 0 bridgehead atoms. The number of piperazine rings is 1. The molecule has 0 spiro atoms. The van der Waals surface area contributed by atoms with Gasteiger partial charge in [0.25, 0.3) is 10.0 Å². The van der Waals surface area contributed by atoms with Gasteiger partial charge in [-0.1, -0.05) is 6.07 Å². The highest BCUT2D eigenvalue weighted by Gasteiger charge is 2.29. The Morgan fingerprint density at radius 3 is 2.43 bits per heavy atom. The SMILES string of the molecule is Cc1nn(C)c(C)c1CN1CCN(S(=O)(=O)c2cccs2)CC1. The molecule has 0 atom stereocenters. The van der Waals surface area contributed by atoms with E-state index in [2.05, 4.69) is 16.9 Å². The van der Waals surface area contributed by atoms with Crippen LogP contribution in [0.5, 0.6) is 0 Å². The number of aryl methyl sites for hydroxylation is 2. The third-order valence-corrected chi connectivity index (χ3v) is 7.73. The van der Waals surface area contributed by atoms with E-state index in [-0.39, 0.29) is 0 Å². The number of rotatable bonds is 4. The normalized spacial score (nSPS) is 17.7. The maximum atomic E-state index is 12.5. The summed E-state index contributed by atoms with van der Waals surface area (Å²) in [6, 6.07) is 3.45. The summed E-state index contributed by atoms with van der Waals surface area (Å²) in [7, 11) is -1.36. The fraction of sp³-hybridized carbons (Fsp3) is 0.533. The third-order valence-electron chi connectivity index (χ3n) is 4.46. The Morgan fingerprint density at radius 2 is 1.91 bits per heavy atom. The second kappa shape index (κ2) is 6.35. The predicted octanol–water partition coefficient (Wildman–Crippen LogP) is 1.60. The van der Waals surface area contributed by atoms with Crippen molar-refractivity contribution in [2.45, 2.75) is 24.6 Å². The fourth-order valence-corrected chi connectivity index (χ4v) is 5.50. The van der Waals surface area contributed by atoms with Crippen LogP contribution in [0.25, 0.3) is 0 Å². The molecule has 23 heavy (non-hydrogen) atoms. The molecule has 6 nitrogen and oxygen atoms in total. The average molecular weight is 355 g/mol. The van der Waals surface area contributed by atoms with Crippen molar-refractivity contribution in [1.82, 2.24) is 19.0 Å². The fourth-order valence-electron chi connectivity index (χ4n) is 2.94. The standard InChI is InChI=1S/C15H22N4O2S2/c1-12-14(13(2)17(3)16-12)11-18-6-8-19(9-7-18)23(20,21)15-5-4-10-22-15/h4-5,10H,6-9,11H2,1-3H3. The molecule has 3 heterocycles. The molecule has 0 saturated carbocycles. The summed E-state index contributed by atoms with van der Waals surface area (Å²) >= 11 is 1.28. The number of nitrogens with zero attached hydrogens (tertiary/aromatic N) is 4. The van der Waals surface area contributed by atoms with Gasteiger partial charge in [-0.25, -0.2) is 8.42 Å². The summed E-state index contributed by atoms with van der Waals surface area (Å²) in [6.07, 6.45) is 0. The van der Waals surface area contributed by atoms with Crippen LogP contribution in [0.15, 0.2) is 21.7 Å². The lowest BCUT2D eigenvalue weighted by atomic mass is 10.1. The first kappa shape index (κ1) is 16.6. The van der Waals surface area contributed by atoms with Gasteiger partial charge in [0.1, 0.15) is 4.21 Å². The lowest BCUT2D eigenvalue weighted by Crippen LogP contribution is -2.48. The van der Waals surface area contributed by atoms with E-state index in [1.54, 1.807) is 21.8 Å². The summed E-state index contributed by atoms with van der Waals surface area (Å²) in [4.78, 5) is 2.30. The van der Waals surface area contributed by atoms with Crippen molar-refractivity contribution in [2.24, 2.45) is 7.05 Å². The van der Waals surface area contributed by atoms with Gasteiger partial charge in [-0.2, -0.15) is 9.40 Å². The lowest BCUT2D eigenvalue weighted by molar-refractivity contribution is 0.181. The van der Waals surface area contributed by atoms with Crippen LogP contribution in [-0.4, -0.2) is 53.6 Å². The summed E-state index contributed by atoms with van der Waals surface area (Å²) in [5.41, 5.74) is 3.48. The van der Waals surface area contributed by atoms with Crippen molar-refractivity contribution in [3.63, 3.8) is 0 Å². The van der Waals surface area contributed by atoms with Gasteiger partial charge in [0.15, 0.2) is 0 Å². The predicted molar refractivity (Wildman–Crippen MR) is 91.0 cm³/mol. The van der Waals surface area contributed by atoms with Crippen LogP contribution in [-0.2, 0) is 23.6 Å². The first-order valence-corrected chi connectivity index (χ1v) is 9.96. The zero-order valence-corrected chi connectivity index (χ0v) is 15.3. The van der Waals surface area contributed by atoms with Crippen LogP contribution >= 0.6 is 11.3 Å². The molecule has 8 heteroatoms. The molecule has 3 rings (SSSR count). The molecule has 1 aliphatic rings. The highest BCUT2D eigenvalue weighted by atomic mass is 32.2. The van der Waals surface area contributed by atoms with Crippen LogP contribution in [0.2, 0.25) is 0 Å². The average Bonchev–Trinajstić information content (AvgIpc) is 3.14. The van der Waals surface area contributed by atoms with Crippen LogP contribution in [0.1, 0.15) is 17.0 Å². The topological polar surface area (TPSA) is 58.4 Å². The summed E-state index contributed by atoms with van der Waals surface area (Å²) in [5.74, 6) is 0. The molecule has 0 aromatic carbocycles. The van der Waals surface area contributed by atoms with Gasteiger partial charge in [-0.05, 0) is 25.3 Å². The molecule has 1 aliphatic heterocycles. The highest BCUT2D eigenvalue weighted by molar-refractivity contribution is 7.91. The van der Waals surface area contributed by atoms with Gasteiger partial charge in [-0.15, -0.1) is 11.3 Å². The van der Waals surface area contributed by atoms with E-state index in [9.17, 15) is 8.42 Å². The Hall–Kier alpha value is -1.22. The minimum Gasteiger partial charge on any atom is -0.296 e. The van der Waals surface area contributed by atoms with Gasteiger partial charge >= 0.3 is 0 Å². The quantitative estimate of drug-likeness (QED) is 0.837. The molecule has 2 aromatic rings. The summed E-state index contributed by atoms with van der Waals surface area (Å²) in [6.45, 7) is 7.51. The molecular weight excluding hydrogens is 332 g/mol. The largest absolute Gasteiger partial charge is 0.296 e. The Balaban J connectivity index is 1.65. The van der Waals surface area contributed by atoms with E-state index in [0.717, 1.165) is 25.3 Å². The number of hydrogen-bond acceptors (Lipinski definition) is 5. The maximum absolute atomic E-state index is 12.5. The van der Waals surface area contributed by atoms with Gasteiger partial charge in [0.2, 0.25) is 0 Å². The zero-order chi connectivity index (χ0) is 16.6. The van der Waals surface area contributed by atoms with Crippen molar-refractivity contribution in [3.8, 4) is 0 Å². The molecule has 2 aromatic heterocycles. The molecule has 1 fully saturated rings. The minimum atomic E-state index is -3.32. The number of aromatic nitrogens is 2. The van der Waals surface area contributed by atoms with E-state index in [1.165, 1.54) is 22.6 Å². The van der Waals surface area contributed by atoms with E-state index in [0.29, 0.717) is 17.3 Å². The first-order valence-electron chi connectivity index (χ1n) is 7.64. The zero-order valence-electron chi connectivity index (χ0n) is 13.7. The molecule has 126 valence electrons. The second-order valence-electron chi connectivity index (χ2n) is 5.89. The van der Waals surface area contributed by atoms with Gasteiger partial charge in [0, 0.05) is 51.0 Å². The first-order chi connectivity index (χ1) is 10.9. The van der Waals surface area contributed by atoms with E-state index >= 15 is 0 Å². The number of thiophene rings is 1. The second-order valence-corrected chi connectivity index (χ2v) is 9.00. The summed E-state index contributed by atoms with van der Waals surface area (Å²) < 4.78 is 29.0. The van der Waals surface area contributed by atoms with Crippen LogP contribution in [0, 0.1) is 13.8 Å². The molecule has 0 amide bonds. The molecule has 0 radical (unpaired) electrons. The lowest BCUT2D eigenvalue weighted by Gasteiger charge is -2.33.